The maximum atomic E-state index is 10.8. The number of aromatic nitrogens is 2. The van der Waals surface area contributed by atoms with Crippen LogP contribution in [-0.2, 0) is 12.8 Å². The van der Waals surface area contributed by atoms with Crippen molar-refractivity contribution in [2.45, 2.75) is 12.8 Å². The zero-order valence-corrected chi connectivity index (χ0v) is 9.59. The fourth-order valence-corrected chi connectivity index (χ4v) is 2.25. The Balaban J connectivity index is 1.94. The minimum absolute atomic E-state index is 0.142. The molecule has 1 aromatic carbocycles. The summed E-state index contributed by atoms with van der Waals surface area (Å²) < 4.78 is 0. The highest BCUT2D eigenvalue weighted by Crippen LogP contribution is 2.32. The Labute approximate surface area is 103 Å². The van der Waals surface area contributed by atoms with E-state index in [2.05, 4.69) is 16.0 Å². The summed E-state index contributed by atoms with van der Waals surface area (Å²) in [5.74, 6) is 0. The van der Waals surface area contributed by atoms with Crippen LogP contribution < -0.4 is 0 Å². The molecule has 3 rings (SSSR count). The van der Waals surface area contributed by atoms with E-state index in [1.54, 1.807) is 18.5 Å². The molecule has 0 saturated carbocycles. The fourth-order valence-electron chi connectivity index (χ4n) is 2.25. The third-order valence-electron chi connectivity index (χ3n) is 3.15. The summed E-state index contributed by atoms with van der Waals surface area (Å²) in [7, 11) is 0. The van der Waals surface area contributed by atoms with Crippen LogP contribution in [0, 0.1) is 10.1 Å². The third kappa shape index (κ3) is 1.79. The number of H-pyrrole nitrogens is 1. The first-order valence-corrected chi connectivity index (χ1v) is 5.68. The molecule has 0 fully saturated rings. The van der Waals surface area contributed by atoms with Gasteiger partial charge in [-0.15, -0.1) is 0 Å². The molecule has 0 atom stereocenters. The van der Waals surface area contributed by atoms with Crippen LogP contribution in [-0.4, -0.2) is 14.9 Å². The molecule has 5 nitrogen and oxygen atoms in total. The van der Waals surface area contributed by atoms with E-state index in [0.29, 0.717) is 6.42 Å². The predicted molar refractivity (Wildman–Crippen MR) is 67.1 cm³/mol. The molecule has 5 heteroatoms. The molecular formula is C13H11N3O2. The number of hydrogen-bond acceptors (Lipinski definition) is 3. The van der Waals surface area contributed by atoms with E-state index >= 15 is 0 Å². The van der Waals surface area contributed by atoms with E-state index in [4.69, 9.17) is 0 Å². The van der Waals surface area contributed by atoms with Gasteiger partial charge >= 0.3 is 0 Å². The Morgan fingerprint density at radius 1 is 1.44 bits per heavy atom. The molecule has 90 valence electrons. The SMILES string of the molecule is O=[N+]([O-])c1ccc2c(c1)C(Cc1c[nH]cn1)=CC2. The minimum atomic E-state index is -0.356. The van der Waals surface area contributed by atoms with E-state index < -0.39 is 0 Å². The molecule has 18 heavy (non-hydrogen) atoms. The molecule has 1 aliphatic rings. The maximum absolute atomic E-state index is 10.8. The number of nitro groups is 1. The van der Waals surface area contributed by atoms with Gasteiger partial charge < -0.3 is 4.98 Å². The van der Waals surface area contributed by atoms with Crippen molar-refractivity contribution in [1.29, 1.82) is 0 Å². The highest BCUT2D eigenvalue weighted by atomic mass is 16.6. The molecule has 0 bridgehead atoms. The standard InChI is InChI=1S/C13H11N3O2/c17-16(18)12-4-3-9-1-2-10(13(9)6-12)5-11-7-14-8-15-11/h2-4,6-8H,1,5H2,(H,14,15). The van der Waals surface area contributed by atoms with Gasteiger partial charge in [0.25, 0.3) is 5.69 Å². The fraction of sp³-hybridized carbons (Fsp3) is 0.154. The van der Waals surface area contributed by atoms with Gasteiger partial charge in [-0.25, -0.2) is 4.98 Å². The largest absolute Gasteiger partial charge is 0.351 e. The van der Waals surface area contributed by atoms with Crippen molar-refractivity contribution in [2.24, 2.45) is 0 Å². The topological polar surface area (TPSA) is 71.8 Å². The number of fused-ring (bicyclic) bond motifs is 1. The van der Waals surface area contributed by atoms with Crippen molar-refractivity contribution >= 4 is 11.3 Å². The van der Waals surface area contributed by atoms with Crippen molar-refractivity contribution in [3.05, 3.63) is 63.7 Å². The lowest BCUT2D eigenvalue weighted by Crippen LogP contribution is -1.93. The van der Waals surface area contributed by atoms with Gasteiger partial charge in [0.2, 0.25) is 0 Å². The van der Waals surface area contributed by atoms with E-state index in [-0.39, 0.29) is 10.6 Å². The van der Waals surface area contributed by atoms with Crippen LogP contribution in [0.4, 0.5) is 5.69 Å². The van der Waals surface area contributed by atoms with E-state index in [1.165, 1.54) is 0 Å². The molecule has 1 aromatic heterocycles. The smallest absolute Gasteiger partial charge is 0.270 e. The first-order chi connectivity index (χ1) is 8.74. The second-order valence-corrected chi connectivity index (χ2v) is 4.27. The summed E-state index contributed by atoms with van der Waals surface area (Å²) >= 11 is 0. The normalized spacial score (nSPS) is 13.2. The molecule has 0 radical (unpaired) electrons. The van der Waals surface area contributed by atoms with Crippen LogP contribution in [0.3, 0.4) is 0 Å². The van der Waals surface area contributed by atoms with Gasteiger partial charge in [-0.2, -0.15) is 0 Å². The van der Waals surface area contributed by atoms with Gasteiger partial charge in [0.1, 0.15) is 0 Å². The number of allylic oxidation sites excluding steroid dienone is 2. The summed E-state index contributed by atoms with van der Waals surface area (Å²) in [6.07, 6.45) is 7.14. The number of aromatic amines is 1. The number of nitro benzene ring substituents is 1. The Morgan fingerprint density at radius 3 is 3.06 bits per heavy atom. The van der Waals surface area contributed by atoms with Gasteiger partial charge in [-0.05, 0) is 23.1 Å². The minimum Gasteiger partial charge on any atom is -0.351 e. The highest BCUT2D eigenvalue weighted by Gasteiger charge is 2.18. The second-order valence-electron chi connectivity index (χ2n) is 4.27. The maximum Gasteiger partial charge on any atom is 0.270 e. The van der Waals surface area contributed by atoms with Crippen LogP contribution in [0.5, 0.6) is 0 Å². The summed E-state index contributed by atoms with van der Waals surface area (Å²) in [4.78, 5) is 17.5. The average molecular weight is 241 g/mol. The van der Waals surface area contributed by atoms with Crippen molar-refractivity contribution in [1.82, 2.24) is 9.97 Å². The van der Waals surface area contributed by atoms with E-state index in [1.807, 2.05) is 12.3 Å². The van der Waals surface area contributed by atoms with Crippen LogP contribution >= 0.6 is 0 Å². The molecule has 1 aliphatic carbocycles. The molecule has 0 saturated heterocycles. The molecule has 0 aliphatic heterocycles. The van der Waals surface area contributed by atoms with Gasteiger partial charge in [0.15, 0.2) is 0 Å². The number of hydrogen-bond donors (Lipinski definition) is 1. The third-order valence-corrected chi connectivity index (χ3v) is 3.15. The first-order valence-electron chi connectivity index (χ1n) is 5.68. The second kappa shape index (κ2) is 4.10. The molecule has 1 heterocycles. The summed E-state index contributed by atoms with van der Waals surface area (Å²) in [5.41, 5.74) is 4.32. The lowest BCUT2D eigenvalue weighted by Gasteiger charge is -2.04. The van der Waals surface area contributed by atoms with Gasteiger partial charge in [-0.1, -0.05) is 12.1 Å². The van der Waals surface area contributed by atoms with E-state index in [0.717, 1.165) is 28.8 Å². The van der Waals surface area contributed by atoms with Gasteiger partial charge in [-0.3, -0.25) is 10.1 Å². The van der Waals surface area contributed by atoms with Crippen molar-refractivity contribution in [3.8, 4) is 0 Å². The zero-order chi connectivity index (χ0) is 12.5. The van der Waals surface area contributed by atoms with Crippen LogP contribution in [0.1, 0.15) is 16.8 Å². The number of nitrogens with zero attached hydrogens (tertiary/aromatic N) is 2. The molecule has 0 unspecified atom stereocenters. The van der Waals surface area contributed by atoms with Gasteiger partial charge in [0, 0.05) is 24.8 Å². The van der Waals surface area contributed by atoms with Crippen molar-refractivity contribution in [3.63, 3.8) is 0 Å². The summed E-state index contributed by atoms with van der Waals surface area (Å²) in [6, 6.07) is 5.05. The first kappa shape index (κ1) is 10.7. The Morgan fingerprint density at radius 2 is 2.33 bits per heavy atom. The molecule has 0 amide bonds. The Kier molecular flexibility index (Phi) is 2.44. The average Bonchev–Trinajstić information content (AvgIpc) is 2.99. The number of nitrogens with one attached hydrogen (secondary N) is 1. The molecule has 0 spiro atoms. The van der Waals surface area contributed by atoms with Crippen LogP contribution in [0.15, 0.2) is 36.8 Å². The predicted octanol–water partition coefficient (Wildman–Crippen LogP) is 2.50. The summed E-state index contributed by atoms with van der Waals surface area (Å²) in [6.45, 7) is 0. The number of imidazole rings is 1. The van der Waals surface area contributed by atoms with Crippen molar-refractivity contribution < 1.29 is 4.92 Å². The van der Waals surface area contributed by atoms with Crippen LogP contribution in [0.25, 0.3) is 5.57 Å². The van der Waals surface area contributed by atoms with Gasteiger partial charge in [0.05, 0.1) is 16.9 Å². The highest BCUT2D eigenvalue weighted by molar-refractivity contribution is 5.75. The number of benzene rings is 1. The quantitative estimate of drug-likeness (QED) is 0.662. The number of rotatable bonds is 3. The number of non-ortho nitro benzene ring substituents is 1. The van der Waals surface area contributed by atoms with E-state index in [9.17, 15) is 10.1 Å². The van der Waals surface area contributed by atoms with Crippen LogP contribution in [0.2, 0.25) is 0 Å². The zero-order valence-electron chi connectivity index (χ0n) is 9.59. The molecule has 1 N–H and O–H groups in total. The Bertz CT molecular complexity index is 630. The lowest BCUT2D eigenvalue weighted by atomic mass is 10.0. The lowest BCUT2D eigenvalue weighted by molar-refractivity contribution is -0.384. The monoisotopic (exact) mass is 241 g/mol. The molecule has 2 aromatic rings. The summed E-state index contributed by atoms with van der Waals surface area (Å²) in [5, 5.41) is 10.8. The molecular weight excluding hydrogens is 230 g/mol. The van der Waals surface area contributed by atoms with Crippen molar-refractivity contribution in [2.75, 3.05) is 0 Å². The Hall–Kier alpha value is -2.43.